The highest BCUT2D eigenvalue weighted by molar-refractivity contribution is 7.89. The summed E-state index contributed by atoms with van der Waals surface area (Å²) in [4.78, 5) is 4.03. The van der Waals surface area contributed by atoms with Gasteiger partial charge in [-0.3, -0.25) is 0 Å². The van der Waals surface area contributed by atoms with E-state index in [-0.39, 0.29) is 5.03 Å². The summed E-state index contributed by atoms with van der Waals surface area (Å²) in [6.45, 7) is 3.31. The number of rotatable bonds is 4. The first kappa shape index (κ1) is 14.8. The lowest BCUT2D eigenvalue weighted by atomic mass is 9.97. The highest BCUT2D eigenvalue weighted by Gasteiger charge is 2.30. The molecule has 1 fully saturated rings. The summed E-state index contributed by atoms with van der Waals surface area (Å²) >= 11 is 5.68. The fraction of sp³-hybridized carbons (Fsp3) is 0.615. The molecule has 1 aromatic rings. The van der Waals surface area contributed by atoms with E-state index in [0.29, 0.717) is 24.9 Å². The molecule has 0 saturated carbocycles. The van der Waals surface area contributed by atoms with Crippen LogP contribution in [0.3, 0.4) is 0 Å². The first-order valence-electron chi connectivity index (χ1n) is 6.59. The normalized spacial score (nSPS) is 21.5. The lowest BCUT2D eigenvalue weighted by Gasteiger charge is -2.31. The van der Waals surface area contributed by atoms with Crippen molar-refractivity contribution in [2.45, 2.75) is 37.1 Å². The van der Waals surface area contributed by atoms with Crippen LogP contribution in [0.4, 0.5) is 0 Å². The first-order chi connectivity index (χ1) is 9.07. The average Bonchev–Trinajstić information content (AvgIpc) is 2.47. The van der Waals surface area contributed by atoms with E-state index in [1.807, 2.05) is 0 Å². The summed E-state index contributed by atoms with van der Waals surface area (Å²) < 4.78 is 26.5. The Morgan fingerprint density at radius 3 is 2.84 bits per heavy atom. The van der Waals surface area contributed by atoms with Gasteiger partial charge in [0.15, 0.2) is 5.03 Å². The number of pyridine rings is 1. The molecule has 1 unspecified atom stereocenters. The summed E-state index contributed by atoms with van der Waals surface area (Å²) in [5.74, 6) is 0.806. The van der Waals surface area contributed by atoms with Crippen molar-refractivity contribution in [3.8, 4) is 0 Å². The number of aromatic nitrogens is 1. The van der Waals surface area contributed by atoms with Crippen molar-refractivity contribution >= 4 is 21.6 Å². The Morgan fingerprint density at radius 2 is 2.26 bits per heavy atom. The van der Waals surface area contributed by atoms with E-state index >= 15 is 0 Å². The Labute approximate surface area is 119 Å². The minimum Gasteiger partial charge on any atom is -0.243 e. The summed E-state index contributed by atoms with van der Waals surface area (Å²) in [5, 5.41) is 0.123. The zero-order chi connectivity index (χ0) is 13.9. The lowest BCUT2D eigenvalue weighted by Crippen LogP contribution is -2.40. The molecular formula is C13H19ClN2O2S. The van der Waals surface area contributed by atoms with Crippen LogP contribution in [0.25, 0.3) is 0 Å². The highest BCUT2D eigenvalue weighted by atomic mass is 35.5. The topological polar surface area (TPSA) is 50.3 Å². The zero-order valence-electron chi connectivity index (χ0n) is 11.0. The molecule has 19 heavy (non-hydrogen) atoms. The van der Waals surface area contributed by atoms with Crippen LogP contribution >= 0.6 is 11.6 Å². The van der Waals surface area contributed by atoms with Gasteiger partial charge in [0.1, 0.15) is 0 Å². The van der Waals surface area contributed by atoms with Crippen LogP contribution in [0, 0.1) is 5.92 Å². The molecule has 2 rings (SSSR count). The minimum absolute atomic E-state index is 0.123. The van der Waals surface area contributed by atoms with Gasteiger partial charge < -0.3 is 0 Å². The van der Waals surface area contributed by atoms with Gasteiger partial charge in [-0.25, -0.2) is 13.4 Å². The van der Waals surface area contributed by atoms with Gasteiger partial charge in [0.2, 0.25) is 0 Å². The second kappa shape index (κ2) is 6.20. The third kappa shape index (κ3) is 3.27. The predicted octanol–water partition coefficient (Wildman–Crippen LogP) is 2.63. The van der Waals surface area contributed by atoms with Crippen LogP contribution < -0.4 is 0 Å². The Hall–Kier alpha value is -0.650. The standard InChI is InChI=1S/C13H19ClN2O2S/c1-2-11-4-3-7-16(10-11)19(17,18)13-6-5-12(8-14)9-15-13/h5-6,9,11H,2-4,7-8,10H2,1H3. The Balaban J connectivity index is 2.20. The van der Waals surface area contributed by atoms with Crippen molar-refractivity contribution in [2.24, 2.45) is 5.92 Å². The molecule has 0 bridgehead atoms. The lowest BCUT2D eigenvalue weighted by molar-refractivity contribution is 0.261. The van der Waals surface area contributed by atoms with Gasteiger partial charge in [-0.1, -0.05) is 19.4 Å². The van der Waals surface area contributed by atoms with Crippen LogP contribution in [-0.2, 0) is 15.9 Å². The van der Waals surface area contributed by atoms with Crippen LogP contribution in [-0.4, -0.2) is 30.8 Å². The van der Waals surface area contributed by atoms with E-state index < -0.39 is 10.0 Å². The molecule has 1 aliphatic rings. The number of alkyl halides is 1. The van der Waals surface area contributed by atoms with Crippen LogP contribution in [0.15, 0.2) is 23.4 Å². The Bertz CT molecular complexity index is 516. The molecule has 0 amide bonds. The smallest absolute Gasteiger partial charge is 0.243 e. The molecule has 0 aliphatic carbocycles. The number of halogens is 1. The van der Waals surface area contributed by atoms with Gasteiger partial charge >= 0.3 is 0 Å². The molecule has 1 aliphatic heterocycles. The van der Waals surface area contributed by atoms with Gasteiger partial charge in [0, 0.05) is 25.2 Å². The van der Waals surface area contributed by atoms with Crippen molar-refractivity contribution in [3.05, 3.63) is 23.9 Å². The summed E-state index contributed by atoms with van der Waals surface area (Å²) in [7, 11) is -3.45. The predicted molar refractivity (Wildman–Crippen MR) is 75.6 cm³/mol. The van der Waals surface area contributed by atoms with Gasteiger partial charge in [0.05, 0.1) is 0 Å². The molecule has 0 aromatic carbocycles. The molecule has 0 spiro atoms. The maximum absolute atomic E-state index is 12.5. The summed E-state index contributed by atoms with van der Waals surface area (Å²) in [5.41, 5.74) is 0.825. The largest absolute Gasteiger partial charge is 0.260 e. The van der Waals surface area contributed by atoms with Crippen molar-refractivity contribution in [2.75, 3.05) is 13.1 Å². The average molecular weight is 303 g/mol. The second-order valence-electron chi connectivity index (χ2n) is 4.92. The van der Waals surface area contributed by atoms with E-state index in [4.69, 9.17) is 11.6 Å². The van der Waals surface area contributed by atoms with Gasteiger partial charge in [0.25, 0.3) is 10.0 Å². The SMILES string of the molecule is CCC1CCCN(S(=O)(=O)c2ccc(CCl)cn2)C1. The van der Waals surface area contributed by atoms with E-state index in [1.54, 1.807) is 16.4 Å². The highest BCUT2D eigenvalue weighted by Crippen LogP contribution is 2.24. The molecule has 1 saturated heterocycles. The van der Waals surface area contributed by atoms with Crippen molar-refractivity contribution in [3.63, 3.8) is 0 Å². The van der Waals surface area contributed by atoms with Gasteiger partial charge in [-0.15, -0.1) is 11.6 Å². The zero-order valence-corrected chi connectivity index (χ0v) is 12.6. The number of sulfonamides is 1. The molecular weight excluding hydrogens is 284 g/mol. The van der Waals surface area contributed by atoms with Crippen LogP contribution in [0.5, 0.6) is 0 Å². The molecule has 6 heteroatoms. The van der Waals surface area contributed by atoms with Crippen molar-refractivity contribution < 1.29 is 8.42 Å². The van der Waals surface area contributed by atoms with Gasteiger partial charge in [-0.2, -0.15) is 4.31 Å². The number of hydrogen-bond donors (Lipinski definition) is 0. The first-order valence-corrected chi connectivity index (χ1v) is 8.56. The maximum Gasteiger partial charge on any atom is 0.260 e. The second-order valence-corrected chi connectivity index (χ2v) is 7.07. The van der Waals surface area contributed by atoms with E-state index in [9.17, 15) is 8.42 Å². The number of nitrogens with zero attached hydrogens (tertiary/aromatic N) is 2. The molecule has 0 radical (unpaired) electrons. The Morgan fingerprint density at radius 1 is 1.47 bits per heavy atom. The molecule has 1 atom stereocenters. The van der Waals surface area contributed by atoms with E-state index in [1.165, 1.54) is 6.20 Å². The molecule has 4 nitrogen and oxygen atoms in total. The number of hydrogen-bond acceptors (Lipinski definition) is 3. The fourth-order valence-electron chi connectivity index (χ4n) is 2.35. The van der Waals surface area contributed by atoms with Crippen LogP contribution in [0.2, 0.25) is 0 Å². The quantitative estimate of drug-likeness (QED) is 0.803. The molecule has 0 N–H and O–H groups in total. The van der Waals surface area contributed by atoms with Crippen LogP contribution in [0.1, 0.15) is 31.7 Å². The molecule has 1 aromatic heterocycles. The third-order valence-corrected chi connectivity index (χ3v) is 5.71. The summed E-state index contributed by atoms with van der Waals surface area (Å²) in [6, 6.07) is 3.26. The monoisotopic (exact) mass is 302 g/mol. The van der Waals surface area contributed by atoms with Crippen molar-refractivity contribution in [1.29, 1.82) is 0 Å². The molecule has 2 heterocycles. The maximum atomic E-state index is 12.5. The number of piperidine rings is 1. The fourth-order valence-corrected chi connectivity index (χ4v) is 3.98. The van der Waals surface area contributed by atoms with E-state index in [2.05, 4.69) is 11.9 Å². The minimum atomic E-state index is -3.45. The van der Waals surface area contributed by atoms with E-state index in [0.717, 1.165) is 24.8 Å². The summed E-state index contributed by atoms with van der Waals surface area (Å²) in [6.07, 6.45) is 4.59. The molecule has 106 valence electrons. The third-order valence-electron chi connectivity index (χ3n) is 3.62. The van der Waals surface area contributed by atoms with Crippen molar-refractivity contribution in [1.82, 2.24) is 9.29 Å². The Kier molecular flexibility index (Phi) is 4.81. The van der Waals surface area contributed by atoms with Gasteiger partial charge in [-0.05, 0) is 30.4 Å².